The number of carbonyl (C=O) groups excluding carboxylic acids is 1. The Morgan fingerprint density at radius 3 is 2.83 bits per heavy atom. The van der Waals surface area contributed by atoms with Crippen molar-refractivity contribution in [3.05, 3.63) is 59.7 Å². The largest absolute Gasteiger partial charge is 0.365 e. The minimum absolute atomic E-state index is 0.0844. The van der Waals surface area contributed by atoms with Gasteiger partial charge in [0, 0.05) is 48.7 Å². The van der Waals surface area contributed by atoms with E-state index in [-0.39, 0.29) is 17.4 Å². The molecule has 29 heavy (non-hydrogen) atoms. The van der Waals surface area contributed by atoms with Gasteiger partial charge in [-0.05, 0) is 64.3 Å². The van der Waals surface area contributed by atoms with Crippen LogP contribution in [-0.4, -0.2) is 43.8 Å². The molecule has 6 heteroatoms. The molecule has 1 saturated heterocycles. The van der Waals surface area contributed by atoms with Crippen molar-refractivity contribution >= 4 is 17.4 Å². The van der Waals surface area contributed by atoms with Gasteiger partial charge >= 0.3 is 0 Å². The molecule has 6 nitrogen and oxygen atoms in total. The van der Waals surface area contributed by atoms with E-state index in [0.717, 1.165) is 47.7 Å². The monoisotopic (exact) mass is 391 g/mol. The van der Waals surface area contributed by atoms with Crippen LogP contribution in [0.5, 0.6) is 0 Å². The van der Waals surface area contributed by atoms with Crippen LogP contribution in [0.2, 0.25) is 0 Å². The first-order chi connectivity index (χ1) is 13.8. The SMILES string of the molecule is Cc1cnccc1C(=O)N1CCC[C@@H](c2nc3ccccn3c2NC(C)(C)C)C1. The van der Waals surface area contributed by atoms with Gasteiger partial charge in [-0.25, -0.2) is 4.98 Å². The van der Waals surface area contributed by atoms with Crippen LogP contribution in [0.4, 0.5) is 5.82 Å². The van der Waals surface area contributed by atoms with Crippen LogP contribution < -0.4 is 5.32 Å². The van der Waals surface area contributed by atoms with Crippen LogP contribution in [0.25, 0.3) is 5.65 Å². The average molecular weight is 392 g/mol. The lowest BCUT2D eigenvalue weighted by atomic mass is 9.93. The number of nitrogens with one attached hydrogen (secondary N) is 1. The predicted octanol–water partition coefficient (Wildman–Crippen LogP) is 4.27. The van der Waals surface area contributed by atoms with Crippen molar-refractivity contribution in [1.82, 2.24) is 19.3 Å². The summed E-state index contributed by atoms with van der Waals surface area (Å²) in [5.41, 5.74) is 3.56. The Morgan fingerprint density at radius 2 is 2.07 bits per heavy atom. The highest BCUT2D eigenvalue weighted by molar-refractivity contribution is 5.95. The summed E-state index contributed by atoms with van der Waals surface area (Å²) < 4.78 is 2.12. The van der Waals surface area contributed by atoms with Gasteiger partial charge in [0.05, 0.1) is 5.69 Å². The Hall–Kier alpha value is -2.89. The van der Waals surface area contributed by atoms with Gasteiger partial charge in [-0.1, -0.05) is 6.07 Å². The number of hydrogen-bond donors (Lipinski definition) is 1. The van der Waals surface area contributed by atoms with Gasteiger partial charge in [0.2, 0.25) is 0 Å². The van der Waals surface area contributed by atoms with E-state index in [2.05, 4.69) is 35.5 Å². The summed E-state index contributed by atoms with van der Waals surface area (Å²) in [6, 6.07) is 7.88. The number of nitrogens with zero attached hydrogens (tertiary/aromatic N) is 4. The molecule has 0 unspecified atom stereocenters. The molecule has 152 valence electrons. The molecule has 1 aliphatic rings. The molecule has 0 bridgehead atoms. The highest BCUT2D eigenvalue weighted by Gasteiger charge is 2.31. The van der Waals surface area contributed by atoms with Gasteiger partial charge < -0.3 is 10.2 Å². The minimum Gasteiger partial charge on any atom is -0.365 e. The van der Waals surface area contributed by atoms with E-state index in [1.807, 2.05) is 42.3 Å². The lowest BCUT2D eigenvalue weighted by Crippen LogP contribution is -2.40. The molecule has 0 aliphatic carbocycles. The van der Waals surface area contributed by atoms with Crippen LogP contribution in [0.3, 0.4) is 0 Å². The van der Waals surface area contributed by atoms with Gasteiger partial charge in [-0.2, -0.15) is 0 Å². The molecule has 3 aromatic heterocycles. The van der Waals surface area contributed by atoms with Crippen molar-refractivity contribution in [3.8, 4) is 0 Å². The van der Waals surface area contributed by atoms with Crippen LogP contribution in [-0.2, 0) is 0 Å². The summed E-state index contributed by atoms with van der Waals surface area (Å²) >= 11 is 0. The molecular weight excluding hydrogens is 362 g/mol. The Kier molecular flexibility index (Phi) is 5.03. The van der Waals surface area contributed by atoms with Crippen molar-refractivity contribution in [1.29, 1.82) is 0 Å². The maximum atomic E-state index is 13.1. The van der Waals surface area contributed by atoms with Crippen LogP contribution in [0, 0.1) is 6.92 Å². The zero-order valence-corrected chi connectivity index (χ0v) is 17.6. The predicted molar refractivity (Wildman–Crippen MR) is 115 cm³/mol. The fourth-order valence-corrected chi connectivity index (χ4v) is 4.05. The molecule has 0 radical (unpaired) electrons. The van der Waals surface area contributed by atoms with E-state index >= 15 is 0 Å². The molecule has 4 heterocycles. The number of anilines is 1. The number of pyridine rings is 2. The van der Waals surface area contributed by atoms with E-state index in [1.165, 1.54) is 0 Å². The summed E-state index contributed by atoms with van der Waals surface area (Å²) in [5, 5.41) is 3.64. The maximum Gasteiger partial charge on any atom is 0.254 e. The normalized spacial score (nSPS) is 17.5. The molecule has 0 saturated carbocycles. The number of aromatic nitrogens is 3. The molecular formula is C23H29N5O. The van der Waals surface area contributed by atoms with Crippen molar-refractivity contribution in [2.24, 2.45) is 0 Å². The number of fused-ring (bicyclic) bond motifs is 1. The number of piperidine rings is 1. The van der Waals surface area contributed by atoms with Gasteiger partial charge in [-0.3, -0.25) is 14.2 Å². The standard InChI is InChI=1S/C23H29N5O/c1-16-14-24-11-10-18(16)22(29)27-12-7-8-17(15-27)20-21(26-23(2,3)4)28-13-6-5-9-19(28)25-20/h5-6,9-11,13-14,17,26H,7-8,12,15H2,1-4H3/t17-/m1/s1. The lowest BCUT2D eigenvalue weighted by Gasteiger charge is -2.33. The molecule has 3 aromatic rings. The summed E-state index contributed by atoms with van der Waals surface area (Å²) in [5.74, 6) is 1.33. The summed E-state index contributed by atoms with van der Waals surface area (Å²) in [6.07, 6.45) is 7.49. The number of aryl methyl sites for hydroxylation is 1. The van der Waals surface area contributed by atoms with E-state index in [9.17, 15) is 4.79 Å². The van der Waals surface area contributed by atoms with Gasteiger partial charge in [0.15, 0.2) is 0 Å². The molecule has 0 aromatic carbocycles. The first-order valence-corrected chi connectivity index (χ1v) is 10.3. The quantitative estimate of drug-likeness (QED) is 0.724. The summed E-state index contributed by atoms with van der Waals surface area (Å²) in [4.78, 5) is 24.2. The maximum absolute atomic E-state index is 13.1. The molecule has 1 atom stereocenters. The number of rotatable bonds is 3. The third-order valence-electron chi connectivity index (χ3n) is 5.40. The van der Waals surface area contributed by atoms with Crippen molar-refractivity contribution in [3.63, 3.8) is 0 Å². The first-order valence-electron chi connectivity index (χ1n) is 10.3. The van der Waals surface area contributed by atoms with Gasteiger partial charge in [-0.15, -0.1) is 0 Å². The molecule has 0 spiro atoms. The van der Waals surface area contributed by atoms with Crippen molar-refractivity contribution < 1.29 is 4.79 Å². The summed E-state index contributed by atoms with van der Waals surface area (Å²) in [7, 11) is 0. The number of likely N-dealkylation sites (tertiary alicyclic amines) is 1. The minimum atomic E-state index is -0.0844. The Morgan fingerprint density at radius 1 is 1.24 bits per heavy atom. The zero-order valence-electron chi connectivity index (χ0n) is 17.6. The highest BCUT2D eigenvalue weighted by atomic mass is 16.2. The van der Waals surface area contributed by atoms with Crippen molar-refractivity contribution in [2.75, 3.05) is 18.4 Å². The van der Waals surface area contributed by atoms with Crippen molar-refractivity contribution in [2.45, 2.75) is 52.0 Å². The zero-order chi connectivity index (χ0) is 20.6. The van der Waals surface area contributed by atoms with Gasteiger partial charge in [0.25, 0.3) is 5.91 Å². The Balaban J connectivity index is 1.66. The third-order valence-corrected chi connectivity index (χ3v) is 5.40. The van der Waals surface area contributed by atoms with Crippen LogP contribution in [0.15, 0.2) is 42.9 Å². The molecule has 1 N–H and O–H groups in total. The van der Waals surface area contributed by atoms with E-state index < -0.39 is 0 Å². The average Bonchev–Trinajstić information content (AvgIpc) is 3.05. The van der Waals surface area contributed by atoms with Crippen LogP contribution in [0.1, 0.15) is 61.1 Å². The second-order valence-corrected chi connectivity index (χ2v) is 8.93. The molecule has 1 amide bonds. The van der Waals surface area contributed by atoms with E-state index in [1.54, 1.807) is 12.4 Å². The van der Waals surface area contributed by atoms with Gasteiger partial charge in [0.1, 0.15) is 11.5 Å². The lowest BCUT2D eigenvalue weighted by molar-refractivity contribution is 0.0705. The second kappa shape index (κ2) is 7.50. The van der Waals surface area contributed by atoms with E-state index in [0.29, 0.717) is 6.54 Å². The number of amides is 1. The molecule has 1 aliphatic heterocycles. The fraction of sp³-hybridized carbons (Fsp3) is 0.435. The smallest absolute Gasteiger partial charge is 0.254 e. The number of imidazole rings is 1. The summed E-state index contributed by atoms with van der Waals surface area (Å²) in [6.45, 7) is 9.87. The third kappa shape index (κ3) is 3.97. The topological polar surface area (TPSA) is 62.5 Å². The first kappa shape index (κ1) is 19.4. The van der Waals surface area contributed by atoms with E-state index in [4.69, 9.17) is 4.98 Å². The number of hydrogen-bond acceptors (Lipinski definition) is 4. The molecule has 1 fully saturated rings. The highest BCUT2D eigenvalue weighted by Crippen LogP contribution is 2.34. The fourth-order valence-electron chi connectivity index (χ4n) is 4.05. The van der Waals surface area contributed by atoms with Crippen LogP contribution >= 0.6 is 0 Å². The number of carbonyl (C=O) groups is 1. The molecule has 4 rings (SSSR count). The Bertz CT molecular complexity index is 1030. The second-order valence-electron chi connectivity index (χ2n) is 8.93. The Labute approximate surface area is 172 Å².